The minimum Gasteiger partial charge on any atom is -0.444 e. The SMILES string of the molecule is CC(C)(C)OC(=O)NC1CCS(=O)(=O)CC1NC(=O)c1cc2cc(Cl)ccc2[nH]1. The van der Waals surface area contributed by atoms with Crippen LogP contribution < -0.4 is 10.6 Å². The molecule has 0 saturated carbocycles. The molecule has 3 N–H and O–H groups in total. The number of nitrogens with one attached hydrogen (secondary N) is 3. The molecule has 0 aliphatic carbocycles. The van der Waals surface area contributed by atoms with Gasteiger partial charge in [0, 0.05) is 15.9 Å². The second kappa shape index (κ2) is 7.87. The maximum Gasteiger partial charge on any atom is 0.407 e. The summed E-state index contributed by atoms with van der Waals surface area (Å²) in [6.07, 6.45) is -0.462. The fraction of sp³-hybridized carbons (Fsp3) is 0.474. The van der Waals surface area contributed by atoms with E-state index >= 15 is 0 Å². The maximum atomic E-state index is 12.7. The second-order valence-corrected chi connectivity index (χ2v) is 10.8. The average molecular weight is 442 g/mol. The number of carbonyl (C=O) groups excluding carboxylic acids is 2. The van der Waals surface area contributed by atoms with Crippen molar-refractivity contribution in [3.8, 4) is 0 Å². The largest absolute Gasteiger partial charge is 0.444 e. The standard InChI is InChI=1S/C19H24ClN3O5S/c1-19(2,3)28-18(25)23-14-6-7-29(26,27)10-16(14)22-17(24)15-9-11-8-12(20)4-5-13(11)21-15/h4-5,8-9,14,16,21H,6-7,10H2,1-3H3,(H,22,24)(H,23,25). The third kappa shape index (κ3) is 5.63. The van der Waals surface area contributed by atoms with Crippen LogP contribution in [-0.2, 0) is 14.6 Å². The highest BCUT2D eigenvalue weighted by molar-refractivity contribution is 7.91. The summed E-state index contributed by atoms with van der Waals surface area (Å²) in [5.74, 6) is -0.786. The number of H-pyrrole nitrogens is 1. The van der Waals surface area contributed by atoms with Crippen molar-refractivity contribution in [1.82, 2.24) is 15.6 Å². The van der Waals surface area contributed by atoms with Gasteiger partial charge in [-0.3, -0.25) is 4.79 Å². The van der Waals surface area contributed by atoms with Crippen LogP contribution in [0.15, 0.2) is 24.3 Å². The molecule has 2 atom stereocenters. The van der Waals surface area contributed by atoms with Gasteiger partial charge in [0.2, 0.25) is 0 Å². The zero-order valence-corrected chi connectivity index (χ0v) is 18.0. The third-order valence-electron chi connectivity index (χ3n) is 4.51. The van der Waals surface area contributed by atoms with E-state index in [0.29, 0.717) is 5.02 Å². The van der Waals surface area contributed by atoms with Gasteiger partial charge in [-0.05, 0) is 51.5 Å². The first kappa shape index (κ1) is 21.4. The Kier molecular flexibility index (Phi) is 5.82. The van der Waals surface area contributed by atoms with Crippen molar-refractivity contribution >= 4 is 44.3 Å². The zero-order chi connectivity index (χ0) is 21.4. The van der Waals surface area contributed by atoms with E-state index in [2.05, 4.69) is 15.6 Å². The number of rotatable bonds is 3. The summed E-state index contributed by atoms with van der Waals surface area (Å²) in [5, 5.41) is 6.73. The van der Waals surface area contributed by atoms with Gasteiger partial charge in [0.15, 0.2) is 9.84 Å². The van der Waals surface area contributed by atoms with E-state index in [9.17, 15) is 18.0 Å². The Balaban J connectivity index is 1.76. The molecule has 3 rings (SSSR count). The smallest absolute Gasteiger partial charge is 0.407 e. The lowest BCUT2D eigenvalue weighted by Crippen LogP contribution is -2.58. The molecule has 2 unspecified atom stereocenters. The first-order valence-corrected chi connectivity index (χ1v) is 11.4. The van der Waals surface area contributed by atoms with Crippen molar-refractivity contribution in [2.75, 3.05) is 11.5 Å². The van der Waals surface area contributed by atoms with E-state index in [1.54, 1.807) is 45.0 Å². The number of alkyl carbamates (subject to hydrolysis) is 1. The van der Waals surface area contributed by atoms with Crippen LogP contribution in [0.1, 0.15) is 37.7 Å². The van der Waals surface area contributed by atoms with E-state index in [1.165, 1.54) is 0 Å². The van der Waals surface area contributed by atoms with Crippen LogP contribution in [0, 0.1) is 0 Å². The molecule has 1 aromatic carbocycles. The van der Waals surface area contributed by atoms with Crippen LogP contribution in [0.4, 0.5) is 4.79 Å². The number of hydrogen-bond donors (Lipinski definition) is 3. The molecule has 1 saturated heterocycles. The maximum absolute atomic E-state index is 12.7. The molecule has 1 fully saturated rings. The van der Waals surface area contributed by atoms with Crippen molar-refractivity contribution in [2.45, 2.75) is 44.9 Å². The number of hydrogen-bond acceptors (Lipinski definition) is 5. The van der Waals surface area contributed by atoms with E-state index in [4.69, 9.17) is 16.3 Å². The molecule has 0 radical (unpaired) electrons. The zero-order valence-electron chi connectivity index (χ0n) is 16.4. The minimum atomic E-state index is -3.33. The molecule has 2 amide bonds. The average Bonchev–Trinajstić information content (AvgIpc) is 2.98. The molecular weight excluding hydrogens is 418 g/mol. The summed E-state index contributed by atoms with van der Waals surface area (Å²) in [5.41, 5.74) is 0.329. The molecule has 29 heavy (non-hydrogen) atoms. The Morgan fingerprint density at radius 1 is 1.17 bits per heavy atom. The Hall–Kier alpha value is -2.26. The number of carbonyl (C=O) groups is 2. The second-order valence-electron chi connectivity index (χ2n) is 8.15. The van der Waals surface area contributed by atoms with Crippen LogP contribution in [0.5, 0.6) is 0 Å². The molecule has 8 nitrogen and oxygen atoms in total. The number of amides is 2. The van der Waals surface area contributed by atoms with Crippen molar-refractivity contribution in [3.63, 3.8) is 0 Å². The van der Waals surface area contributed by atoms with Crippen LogP contribution in [0.25, 0.3) is 10.9 Å². The summed E-state index contributed by atoms with van der Waals surface area (Å²) >= 11 is 5.97. The summed E-state index contributed by atoms with van der Waals surface area (Å²) in [7, 11) is -3.33. The van der Waals surface area contributed by atoms with Crippen LogP contribution in [-0.4, -0.2) is 54.6 Å². The number of sulfone groups is 1. The Labute approximate surface area is 174 Å². The monoisotopic (exact) mass is 441 g/mol. The molecule has 0 spiro atoms. The van der Waals surface area contributed by atoms with Gasteiger partial charge in [0.05, 0.1) is 23.6 Å². The molecule has 1 aliphatic rings. The van der Waals surface area contributed by atoms with Gasteiger partial charge in [0.25, 0.3) is 5.91 Å². The molecule has 1 aliphatic heterocycles. The number of fused-ring (bicyclic) bond motifs is 1. The highest BCUT2D eigenvalue weighted by Gasteiger charge is 2.36. The third-order valence-corrected chi connectivity index (χ3v) is 6.46. The van der Waals surface area contributed by atoms with Crippen molar-refractivity contribution < 1.29 is 22.7 Å². The van der Waals surface area contributed by atoms with E-state index in [0.717, 1.165) is 10.9 Å². The summed E-state index contributed by atoms with van der Waals surface area (Å²) in [4.78, 5) is 27.8. The summed E-state index contributed by atoms with van der Waals surface area (Å²) < 4.78 is 29.5. The van der Waals surface area contributed by atoms with Crippen LogP contribution >= 0.6 is 11.6 Å². The first-order chi connectivity index (χ1) is 13.4. The lowest BCUT2D eigenvalue weighted by molar-refractivity contribution is 0.0488. The summed E-state index contributed by atoms with van der Waals surface area (Å²) in [6.45, 7) is 5.21. The fourth-order valence-electron chi connectivity index (χ4n) is 3.23. The van der Waals surface area contributed by atoms with Crippen molar-refractivity contribution in [2.24, 2.45) is 0 Å². The topological polar surface area (TPSA) is 117 Å². The van der Waals surface area contributed by atoms with Gasteiger partial charge in [-0.25, -0.2) is 13.2 Å². The fourth-order valence-corrected chi connectivity index (χ4v) is 5.05. The number of aromatic amines is 1. The van der Waals surface area contributed by atoms with Gasteiger partial charge in [-0.2, -0.15) is 0 Å². The number of aromatic nitrogens is 1. The van der Waals surface area contributed by atoms with Crippen molar-refractivity contribution in [1.29, 1.82) is 0 Å². The molecule has 10 heteroatoms. The van der Waals surface area contributed by atoms with E-state index in [-0.39, 0.29) is 23.6 Å². The highest BCUT2D eigenvalue weighted by Crippen LogP contribution is 2.21. The normalized spacial score (nSPS) is 21.5. The predicted octanol–water partition coefficient (Wildman–Crippen LogP) is 2.63. The predicted molar refractivity (Wildman–Crippen MR) is 111 cm³/mol. The highest BCUT2D eigenvalue weighted by atomic mass is 35.5. The van der Waals surface area contributed by atoms with Crippen LogP contribution in [0.3, 0.4) is 0 Å². The molecule has 158 valence electrons. The first-order valence-electron chi connectivity index (χ1n) is 9.21. The number of ether oxygens (including phenoxy) is 1. The van der Waals surface area contributed by atoms with Crippen LogP contribution in [0.2, 0.25) is 5.02 Å². The minimum absolute atomic E-state index is 0.0648. The Bertz CT molecular complexity index is 1040. The van der Waals surface area contributed by atoms with Crippen molar-refractivity contribution in [3.05, 3.63) is 35.0 Å². The lowest BCUT2D eigenvalue weighted by atomic mass is 10.1. The van der Waals surface area contributed by atoms with Gasteiger partial charge in [0.1, 0.15) is 11.3 Å². The Morgan fingerprint density at radius 2 is 1.90 bits per heavy atom. The van der Waals surface area contributed by atoms with E-state index < -0.39 is 39.5 Å². The lowest BCUT2D eigenvalue weighted by Gasteiger charge is -2.33. The quantitative estimate of drug-likeness (QED) is 0.676. The molecule has 2 heterocycles. The molecule has 2 aromatic rings. The number of benzene rings is 1. The summed E-state index contributed by atoms with van der Waals surface area (Å²) in [6, 6.07) is 5.50. The number of halogens is 1. The van der Waals surface area contributed by atoms with Gasteiger partial charge in [-0.1, -0.05) is 11.6 Å². The Morgan fingerprint density at radius 3 is 2.59 bits per heavy atom. The van der Waals surface area contributed by atoms with Gasteiger partial charge in [-0.15, -0.1) is 0 Å². The molecule has 0 bridgehead atoms. The molecular formula is C19H24ClN3O5S. The molecule has 1 aromatic heterocycles. The van der Waals surface area contributed by atoms with Gasteiger partial charge >= 0.3 is 6.09 Å². The van der Waals surface area contributed by atoms with Gasteiger partial charge < -0.3 is 20.4 Å². The van der Waals surface area contributed by atoms with E-state index in [1.807, 2.05) is 0 Å².